The zero-order valence-electron chi connectivity index (χ0n) is 20.9. The largest absolute Gasteiger partial charge is 0.493 e. The van der Waals surface area contributed by atoms with Gasteiger partial charge >= 0.3 is 0 Å². The summed E-state index contributed by atoms with van der Waals surface area (Å²) in [5.41, 5.74) is 2.18. The molecule has 196 valence electrons. The summed E-state index contributed by atoms with van der Waals surface area (Å²) in [5, 5.41) is 20.1. The number of amides is 2. The number of aliphatic hydroxyl groups excluding tert-OH is 1. The molecule has 2 aliphatic rings. The number of rotatable bonds is 5. The van der Waals surface area contributed by atoms with Crippen LogP contribution in [0.5, 0.6) is 5.75 Å². The molecule has 0 radical (unpaired) electrons. The Morgan fingerprint density at radius 3 is 2.78 bits per heavy atom. The highest BCUT2D eigenvalue weighted by Crippen LogP contribution is 2.45. The van der Waals surface area contributed by atoms with Crippen LogP contribution in [0.2, 0.25) is 0 Å². The molecule has 0 spiro atoms. The van der Waals surface area contributed by atoms with Crippen LogP contribution < -0.4 is 20.7 Å². The Labute approximate surface area is 217 Å². The third kappa shape index (κ3) is 7.54. The minimum Gasteiger partial charge on any atom is -0.493 e. The molecule has 7 nitrogen and oxygen atoms in total. The van der Waals surface area contributed by atoms with Crippen LogP contribution in [0.4, 0.5) is 4.39 Å². The maximum Gasteiger partial charge on any atom is 0.239 e. The van der Waals surface area contributed by atoms with Crippen molar-refractivity contribution < 1.29 is 23.8 Å². The second kappa shape index (κ2) is 12.2. The SMILES string of the molecule is C#Cc1cccc(C2(NC[C@@H](O)C3Cc4cc(F)cc(c4)OCCCCCC(=O)NCC(=O)N3)CC2)c1. The lowest BCUT2D eigenvalue weighted by molar-refractivity contribution is -0.126. The Hall–Kier alpha value is -3.41. The van der Waals surface area contributed by atoms with Gasteiger partial charge in [0.05, 0.1) is 25.3 Å². The monoisotopic (exact) mass is 507 g/mol. The molecule has 1 aliphatic heterocycles. The average molecular weight is 508 g/mol. The lowest BCUT2D eigenvalue weighted by Crippen LogP contribution is -2.52. The lowest BCUT2D eigenvalue weighted by atomic mass is 9.98. The summed E-state index contributed by atoms with van der Waals surface area (Å²) in [6.45, 7) is 0.437. The molecule has 2 bridgehead atoms. The number of nitrogens with one attached hydrogen (secondary N) is 3. The van der Waals surface area contributed by atoms with Gasteiger partial charge in [-0.3, -0.25) is 9.59 Å². The predicted molar refractivity (Wildman–Crippen MR) is 138 cm³/mol. The Balaban J connectivity index is 1.49. The van der Waals surface area contributed by atoms with E-state index in [0.717, 1.165) is 36.8 Å². The molecule has 8 heteroatoms. The van der Waals surface area contributed by atoms with E-state index in [9.17, 15) is 19.1 Å². The first-order chi connectivity index (χ1) is 17.9. The minimum atomic E-state index is -0.973. The summed E-state index contributed by atoms with van der Waals surface area (Å²) < 4.78 is 20.1. The van der Waals surface area contributed by atoms with Gasteiger partial charge in [-0.2, -0.15) is 0 Å². The third-order valence-corrected chi connectivity index (χ3v) is 6.94. The topological polar surface area (TPSA) is 99.7 Å². The second-order valence-electron chi connectivity index (χ2n) is 9.86. The average Bonchev–Trinajstić information content (AvgIpc) is 3.68. The quantitative estimate of drug-likeness (QED) is 0.466. The van der Waals surface area contributed by atoms with Gasteiger partial charge in [-0.05, 0) is 73.9 Å². The van der Waals surface area contributed by atoms with Crippen LogP contribution in [0.1, 0.15) is 55.2 Å². The van der Waals surface area contributed by atoms with Crippen LogP contribution in [0.3, 0.4) is 0 Å². The van der Waals surface area contributed by atoms with Gasteiger partial charge in [-0.1, -0.05) is 18.1 Å². The molecule has 2 amide bonds. The van der Waals surface area contributed by atoms with Crippen LogP contribution >= 0.6 is 0 Å². The van der Waals surface area contributed by atoms with Gasteiger partial charge in [0.2, 0.25) is 11.8 Å². The van der Waals surface area contributed by atoms with E-state index in [1.807, 2.05) is 24.3 Å². The normalized spacial score (nSPS) is 21.1. The fourth-order valence-corrected chi connectivity index (χ4v) is 4.68. The number of carbonyl (C=O) groups excluding carboxylic acids is 2. The smallest absolute Gasteiger partial charge is 0.239 e. The van der Waals surface area contributed by atoms with Crippen LogP contribution in [0.15, 0.2) is 42.5 Å². The number of hydrogen-bond acceptors (Lipinski definition) is 5. The fourth-order valence-electron chi connectivity index (χ4n) is 4.68. The molecule has 1 saturated carbocycles. The molecule has 2 aromatic carbocycles. The zero-order valence-corrected chi connectivity index (χ0v) is 20.9. The molecule has 37 heavy (non-hydrogen) atoms. The third-order valence-electron chi connectivity index (χ3n) is 6.94. The van der Waals surface area contributed by atoms with E-state index in [1.54, 1.807) is 6.07 Å². The summed E-state index contributed by atoms with van der Waals surface area (Å²) >= 11 is 0. The number of carbonyl (C=O) groups is 2. The zero-order chi connectivity index (χ0) is 26.3. The Morgan fingerprint density at radius 1 is 1.16 bits per heavy atom. The number of terminal acetylenes is 1. The number of hydrogen-bond donors (Lipinski definition) is 4. The van der Waals surface area contributed by atoms with E-state index in [2.05, 4.69) is 21.9 Å². The molecule has 2 atom stereocenters. The molecular weight excluding hydrogens is 473 g/mol. The molecule has 4 N–H and O–H groups in total. The lowest BCUT2D eigenvalue weighted by Gasteiger charge is -2.27. The second-order valence-corrected chi connectivity index (χ2v) is 9.86. The molecule has 1 unspecified atom stereocenters. The Morgan fingerprint density at radius 2 is 2.00 bits per heavy atom. The first-order valence-corrected chi connectivity index (χ1v) is 12.9. The van der Waals surface area contributed by atoms with Gasteiger partial charge in [0.1, 0.15) is 11.6 Å². The molecular formula is C29H34FN3O4. The Kier molecular flexibility index (Phi) is 8.80. The number of halogens is 1. The van der Waals surface area contributed by atoms with E-state index in [4.69, 9.17) is 11.2 Å². The van der Waals surface area contributed by atoms with E-state index < -0.39 is 23.9 Å². The van der Waals surface area contributed by atoms with Crippen molar-refractivity contribution in [2.45, 2.75) is 62.6 Å². The summed E-state index contributed by atoms with van der Waals surface area (Å²) in [7, 11) is 0. The molecule has 2 aromatic rings. The first-order valence-electron chi connectivity index (χ1n) is 12.9. The highest BCUT2D eigenvalue weighted by atomic mass is 19.1. The highest BCUT2D eigenvalue weighted by Gasteiger charge is 2.44. The van der Waals surface area contributed by atoms with E-state index in [-0.39, 0.29) is 31.0 Å². The van der Waals surface area contributed by atoms with Crippen molar-refractivity contribution in [3.05, 3.63) is 65.0 Å². The predicted octanol–water partition coefficient (Wildman–Crippen LogP) is 2.54. The van der Waals surface area contributed by atoms with Gasteiger partial charge in [0.25, 0.3) is 0 Å². The van der Waals surface area contributed by atoms with E-state index in [0.29, 0.717) is 30.8 Å². The van der Waals surface area contributed by atoms with Crippen molar-refractivity contribution in [3.63, 3.8) is 0 Å². The van der Waals surface area contributed by atoms with Crippen molar-refractivity contribution in [2.75, 3.05) is 19.7 Å². The molecule has 1 aliphatic carbocycles. The van der Waals surface area contributed by atoms with Gasteiger partial charge in [-0.15, -0.1) is 6.42 Å². The van der Waals surface area contributed by atoms with E-state index in [1.165, 1.54) is 12.1 Å². The van der Waals surface area contributed by atoms with Crippen molar-refractivity contribution >= 4 is 11.8 Å². The maximum atomic E-state index is 14.3. The van der Waals surface area contributed by atoms with Gasteiger partial charge in [-0.25, -0.2) is 4.39 Å². The van der Waals surface area contributed by atoms with Crippen LogP contribution in [0, 0.1) is 18.2 Å². The van der Waals surface area contributed by atoms with Gasteiger partial charge in [0, 0.05) is 30.1 Å². The van der Waals surface area contributed by atoms with Crippen molar-refractivity contribution in [2.24, 2.45) is 0 Å². The van der Waals surface area contributed by atoms with E-state index >= 15 is 0 Å². The summed E-state index contributed by atoms with van der Waals surface area (Å²) in [5.74, 6) is 2.01. The molecule has 0 saturated heterocycles. The first kappa shape index (κ1) is 26.6. The summed E-state index contributed by atoms with van der Waals surface area (Å²) in [4.78, 5) is 24.7. The van der Waals surface area contributed by atoms with Crippen molar-refractivity contribution in [1.82, 2.24) is 16.0 Å². The van der Waals surface area contributed by atoms with Crippen LogP contribution in [-0.4, -0.2) is 48.8 Å². The number of ether oxygens (including phenoxy) is 1. The number of fused-ring (bicyclic) bond motifs is 2. The van der Waals surface area contributed by atoms with Crippen LogP contribution in [-0.2, 0) is 21.5 Å². The van der Waals surface area contributed by atoms with Crippen molar-refractivity contribution in [1.29, 1.82) is 0 Å². The molecule has 0 aromatic heterocycles. The van der Waals surface area contributed by atoms with Gasteiger partial charge < -0.3 is 25.8 Å². The van der Waals surface area contributed by atoms with Crippen LogP contribution in [0.25, 0.3) is 0 Å². The molecule has 1 fully saturated rings. The van der Waals surface area contributed by atoms with Crippen molar-refractivity contribution in [3.8, 4) is 18.1 Å². The minimum absolute atomic E-state index is 0.185. The molecule has 4 rings (SSSR count). The fraction of sp³-hybridized carbons (Fsp3) is 0.448. The summed E-state index contributed by atoms with van der Waals surface area (Å²) in [6, 6.07) is 11.5. The maximum absolute atomic E-state index is 14.3. The number of aliphatic hydroxyl groups is 1. The highest BCUT2D eigenvalue weighted by molar-refractivity contribution is 5.84. The molecule has 1 heterocycles. The number of benzene rings is 2. The van der Waals surface area contributed by atoms with Gasteiger partial charge in [0.15, 0.2) is 0 Å². The summed E-state index contributed by atoms with van der Waals surface area (Å²) in [6.07, 6.45) is 9.09. The standard InChI is InChI=1S/C29H34FN3O4/c1-2-20-7-6-8-22(13-20)29(10-11-29)32-18-26(34)25-16-21-14-23(30)17-24(15-21)37-12-5-3-4-9-27(35)31-19-28(36)33-25/h1,6-8,13-15,17,25-26,32,34H,3-5,9-12,16,18-19H2,(H,31,35)(H,33,36)/t25?,26-/m1/s1. The Bertz CT molecular complexity index is 1160.